The van der Waals surface area contributed by atoms with Crippen molar-refractivity contribution in [1.29, 1.82) is 0 Å². The van der Waals surface area contributed by atoms with Gasteiger partial charge in [-0.2, -0.15) is 0 Å². The van der Waals surface area contributed by atoms with E-state index < -0.39 is 6.10 Å². The molecule has 0 aliphatic heterocycles. The zero-order valence-electron chi connectivity index (χ0n) is 10.5. The summed E-state index contributed by atoms with van der Waals surface area (Å²) < 4.78 is 0. The third kappa shape index (κ3) is 3.07. The minimum atomic E-state index is -0.552. The number of hydrogen-bond donors (Lipinski definition) is 3. The second kappa shape index (κ2) is 5.96. The van der Waals surface area contributed by atoms with Crippen LogP contribution in [0.3, 0.4) is 0 Å². The maximum atomic E-state index is 10.1. The van der Waals surface area contributed by atoms with Crippen molar-refractivity contribution in [3.63, 3.8) is 0 Å². The van der Waals surface area contributed by atoms with E-state index in [9.17, 15) is 5.11 Å². The number of hydrogen-bond acceptors (Lipinski definition) is 3. The first kappa shape index (κ1) is 13.0. The van der Waals surface area contributed by atoms with Crippen molar-refractivity contribution in [1.82, 2.24) is 5.32 Å². The van der Waals surface area contributed by atoms with Gasteiger partial charge in [-0.15, -0.1) is 0 Å². The lowest BCUT2D eigenvalue weighted by Crippen LogP contribution is -2.32. The Balaban J connectivity index is 2.10. The van der Waals surface area contributed by atoms with Gasteiger partial charge in [0.05, 0.1) is 12.7 Å². The van der Waals surface area contributed by atoms with Crippen LogP contribution in [0.25, 0.3) is 10.8 Å². The third-order valence-electron chi connectivity index (χ3n) is 3.09. The second-order valence-corrected chi connectivity index (χ2v) is 4.61. The molecule has 0 amide bonds. The van der Waals surface area contributed by atoms with Crippen LogP contribution in [0.5, 0.6) is 0 Å². The maximum absolute atomic E-state index is 10.1. The zero-order valence-corrected chi connectivity index (χ0v) is 10.5. The molecule has 0 heterocycles. The Morgan fingerprint density at radius 3 is 2.56 bits per heavy atom. The molecular formula is C15H19NO2. The van der Waals surface area contributed by atoms with Crippen molar-refractivity contribution in [2.24, 2.45) is 0 Å². The van der Waals surface area contributed by atoms with Gasteiger partial charge in [-0.1, -0.05) is 36.4 Å². The van der Waals surface area contributed by atoms with E-state index in [4.69, 9.17) is 5.11 Å². The van der Waals surface area contributed by atoms with Gasteiger partial charge in [0.25, 0.3) is 0 Å². The fourth-order valence-corrected chi connectivity index (χ4v) is 1.91. The molecule has 0 aromatic heterocycles. The summed E-state index contributed by atoms with van der Waals surface area (Å²) in [6, 6.07) is 14.0. The molecule has 0 fully saturated rings. The summed E-state index contributed by atoms with van der Waals surface area (Å²) in [4.78, 5) is 0. The Hall–Kier alpha value is -1.42. The van der Waals surface area contributed by atoms with Crippen LogP contribution >= 0.6 is 0 Å². The van der Waals surface area contributed by atoms with Gasteiger partial charge in [0, 0.05) is 12.6 Å². The van der Waals surface area contributed by atoms with Gasteiger partial charge in [-0.3, -0.25) is 0 Å². The third-order valence-corrected chi connectivity index (χ3v) is 3.09. The summed E-state index contributed by atoms with van der Waals surface area (Å²) in [5, 5.41) is 24.4. The van der Waals surface area contributed by atoms with Gasteiger partial charge in [-0.05, 0) is 29.3 Å². The topological polar surface area (TPSA) is 52.5 Å². The molecule has 0 unspecified atom stereocenters. The summed E-state index contributed by atoms with van der Waals surface area (Å²) in [6.07, 6.45) is -0.552. The van der Waals surface area contributed by atoms with Crippen LogP contribution in [0.15, 0.2) is 42.5 Å². The molecule has 0 aliphatic carbocycles. The summed E-state index contributed by atoms with van der Waals surface area (Å²) in [6.45, 7) is 2.40. The molecule has 18 heavy (non-hydrogen) atoms. The highest BCUT2D eigenvalue weighted by Gasteiger charge is 2.09. The number of benzene rings is 2. The number of nitrogens with one attached hydrogen (secondary N) is 1. The monoisotopic (exact) mass is 245 g/mol. The summed E-state index contributed by atoms with van der Waals surface area (Å²) in [5.41, 5.74) is 0.895. The van der Waals surface area contributed by atoms with Gasteiger partial charge in [0.2, 0.25) is 0 Å². The molecule has 2 aromatic rings. The molecule has 3 heteroatoms. The number of aliphatic hydroxyl groups excluding tert-OH is 2. The molecule has 0 saturated carbocycles. The highest BCUT2D eigenvalue weighted by atomic mass is 16.3. The van der Waals surface area contributed by atoms with E-state index >= 15 is 0 Å². The second-order valence-electron chi connectivity index (χ2n) is 4.61. The first-order valence-electron chi connectivity index (χ1n) is 6.21. The molecule has 0 bridgehead atoms. The Labute approximate surface area is 107 Å². The SMILES string of the molecule is C[C@H](CO)NC[C@H](O)c1ccc2ccccc2c1. The Morgan fingerprint density at radius 1 is 1.11 bits per heavy atom. The van der Waals surface area contributed by atoms with E-state index in [0.29, 0.717) is 6.54 Å². The summed E-state index contributed by atoms with van der Waals surface area (Å²) in [7, 11) is 0. The predicted molar refractivity (Wildman–Crippen MR) is 73.5 cm³/mol. The summed E-state index contributed by atoms with van der Waals surface area (Å²) in [5.74, 6) is 0. The molecule has 3 nitrogen and oxygen atoms in total. The van der Waals surface area contributed by atoms with Crippen molar-refractivity contribution in [3.8, 4) is 0 Å². The maximum Gasteiger partial charge on any atom is 0.0914 e. The predicted octanol–water partition coefficient (Wildman–Crippen LogP) is 1.84. The number of rotatable bonds is 5. The van der Waals surface area contributed by atoms with Gasteiger partial charge < -0.3 is 15.5 Å². The zero-order chi connectivity index (χ0) is 13.0. The fraction of sp³-hybridized carbons (Fsp3) is 0.333. The van der Waals surface area contributed by atoms with Gasteiger partial charge >= 0.3 is 0 Å². The van der Waals surface area contributed by atoms with Crippen molar-refractivity contribution in [2.45, 2.75) is 19.1 Å². The molecule has 0 saturated heterocycles. The molecule has 2 aromatic carbocycles. The van der Waals surface area contributed by atoms with Crippen LogP contribution in [-0.2, 0) is 0 Å². The lowest BCUT2D eigenvalue weighted by atomic mass is 10.0. The van der Waals surface area contributed by atoms with Crippen LogP contribution in [0.2, 0.25) is 0 Å². The van der Waals surface area contributed by atoms with Crippen molar-refractivity contribution in [2.75, 3.05) is 13.2 Å². The lowest BCUT2D eigenvalue weighted by molar-refractivity contribution is 0.161. The van der Waals surface area contributed by atoms with E-state index in [1.807, 2.05) is 43.3 Å². The Morgan fingerprint density at radius 2 is 1.83 bits per heavy atom. The molecule has 2 atom stereocenters. The van der Waals surface area contributed by atoms with E-state index in [0.717, 1.165) is 10.9 Å². The van der Waals surface area contributed by atoms with Gasteiger partial charge in [0.15, 0.2) is 0 Å². The first-order valence-corrected chi connectivity index (χ1v) is 6.21. The van der Waals surface area contributed by atoms with Crippen LogP contribution in [0, 0.1) is 0 Å². The minimum absolute atomic E-state index is 0.0000985. The van der Waals surface area contributed by atoms with E-state index in [-0.39, 0.29) is 12.6 Å². The molecule has 0 radical (unpaired) electrons. The number of aliphatic hydroxyl groups is 2. The van der Waals surface area contributed by atoms with Crippen LogP contribution in [0.1, 0.15) is 18.6 Å². The van der Waals surface area contributed by atoms with E-state index in [1.165, 1.54) is 5.39 Å². The average molecular weight is 245 g/mol. The van der Waals surface area contributed by atoms with Gasteiger partial charge in [0.1, 0.15) is 0 Å². The number of fused-ring (bicyclic) bond motifs is 1. The molecule has 0 aliphatic rings. The standard InChI is InChI=1S/C15H19NO2/c1-11(10-17)16-9-15(18)14-7-6-12-4-2-3-5-13(12)8-14/h2-8,11,15-18H,9-10H2,1H3/t11-,15+/m1/s1. The lowest BCUT2D eigenvalue weighted by Gasteiger charge is -2.16. The largest absolute Gasteiger partial charge is 0.395 e. The molecular weight excluding hydrogens is 226 g/mol. The molecule has 3 N–H and O–H groups in total. The van der Waals surface area contributed by atoms with Gasteiger partial charge in [-0.25, -0.2) is 0 Å². The Kier molecular flexibility index (Phi) is 4.31. The Bertz CT molecular complexity index is 513. The fourth-order valence-electron chi connectivity index (χ4n) is 1.91. The van der Waals surface area contributed by atoms with Crippen molar-refractivity contribution >= 4 is 10.8 Å². The molecule has 2 rings (SSSR count). The van der Waals surface area contributed by atoms with Crippen molar-refractivity contribution in [3.05, 3.63) is 48.0 Å². The molecule has 96 valence electrons. The van der Waals surface area contributed by atoms with Crippen LogP contribution < -0.4 is 5.32 Å². The summed E-state index contributed by atoms with van der Waals surface area (Å²) >= 11 is 0. The first-order chi connectivity index (χ1) is 8.70. The van der Waals surface area contributed by atoms with Crippen molar-refractivity contribution < 1.29 is 10.2 Å². The minimum Gasteiger partial charge on any atom is -0.395 e. The molecule has 0 spiro atoms. The average Bonchev–Trinajstić information content (AvgIpc) is 2.43. The smallest absolute Gasteiger partial charge is 0.0914 e. The van der Waals surface area contributed by atoms with E-state index in [2.05, 4.69) is 11.4 Å². The van der Waals surface area contributed by atoms with Crippen LogP contribution in [-0.4, -0.2) is 29.4 Å². The van der Waals surface area contributed by atoms with Crippen LogP contribution in [0.4, 0.5) is 0 Å². The highest BCUT2D eigenvalue weighted by Crippen LogP contribution is 2.20. The normalized spacial score (nSPS) is 14.6. The quantitative estimate of drug-likeness (QED) is 0.753. The van der Waals surface area contributed by atoms with E-state index in [1.54, 1.807) is 0 Å². The highest BCUT2D eigenvalue weighted by molar-refractivity contribution is 5.83.